The zero-order chi connectivity index (χ0) is 15.3. The second-order valence-corrected chi connectivity index (χ2v) is 6.26. The Kier molecular flexibility index (Phi) is 6.17. The van der Waals surface area contributed by atoms with Gasteiger partial charge in [-0.25, -0.2) is 4.79 Å². The van der Waals surface area contributed by atoms with E-state index in [0.717, 1.165) is 0 Å². The summed E-state index contributed by atoms with van der Waals surface area (Å²) >= 11 is 13.0. The highest BCUT2D eigenvalue weighted by atomic mass is 35.5. The molecule has 0 spiro atoms. The first-order valence-electron chi connectivity index (χ1n) is 5.90. The summed E-state index contributed by atoms with van der Waals surface area (Å²) in [5, 5.41) is 12.6. The van der Waals surface area contributed by atoms with Gasteiger partial charge < -0.3 is 10.4 Å². The molecule has 0 radical (unpaired) electrons. The fourth-order valence-electron chi connectivity index (χ4n) is 1.37. The van der Waals surface area contributed by atoms with Gasteiger partial charge in [0.1, 0.15) is 5.54 Å². The van der Waals surface area contributed by atoms with Gasteiger partial charge in [-0.15, -0.1) is 11.8 Å². The first-order valence-corrected chi connectivity index (χ1v) is 7.65. The van der Waals surface area contributed by atoms with E-state index in [0.29, 0.717) is 21.4 Å². The van der Waals surface area contributed by atoms with Gasteiger partial charge in [0.15, 0.2) is 0 Å². The van der Waals surface area contributed by atoms with Crippen LogP contribution in [-0.2, 0) is 9.59 Å². The van der Waals surface area contributed by atoms with Crippen molar-refractivity contribution in [3.8, 4) is 0 Å². The number of rotatable bonds is 6. The van der Waals surface area contributed by atoms with E-state index >= 15 is 0 Å². The summed E-state index contributed by atoms with van der Waals surface area (Å²) in [5.74, 6) is -1.35. The van der Waals surface area contributed by atoms with Crippen molar-refractivity contribution in [2.45, 2.75) is 30.7 Å². The monoisotopic (exact) mass is 335 g/mol. The quantitative estimate of drug-likeness (QED) is 0.781. The Hall–Kier alpha value is -0.910. The van der Waals surface area contributed by atoms with E-state index in [1.165, 1.54) is 18.7 Å². The summed E-state index contributed by atoms with van der Waals surface area (Å²) < 4.78 is 0. The molecule has 0 bridgehead atoms. The Bertz CT molecular complexity index is 524. The minimum absolute atomic E-state index is 0.0724. The standard InChI is InChI=1S/C13H15Cl2NO3S/c1-3-13(2,12(18)19)16-11(17)7-20-10-6-8(14)4-5-9(10)15/h4-6H,3,7H2,1-2H3,(H,16,17)(H,18,19). The number of benzene rings is 1. The molecule has 1 rings (SSSR count). The third-order valence-corrected chi connectivity index (χ3v) is 4.58. The van der Waals surface area contributed by atoms with Crippen LogP contribution in [0.3, 0.4) is 0 Å². The summed E-state index contributed by atoms with van der Waals surface area (Å²) in [6, 6.07) is 4.97. The summed E-state index contributed by atoms with van der Waals surface area (Å²) in [6.07, 6.45) is 0.302. The molecule has 1 atom stereocenters. The highest BCUT2D eigenvalue weighted by Crippen LogP contribution is 2.29. The summed E-state index contributed by atoms with van der Waals surface area (Å²) in [6.45, 7) is 3.18. The Morgan fingerprint density at radius 1 is 1.40 bits per heavy atom. The molecule has 1 unspecified atom stereocenters. The van der Waals surface area contributed by atoms with E-state index < -0.39 is 11.5 Å². The molecule has 110 valence electrons. The van der Waals surface area contributed by atoms with Gasteiger partial charge in [0.05, 0.1) is 10.8 Å². The summed E-state index contributed by atoms with van der Waals surface area (Å²) in [7, 11) is 0. The van der Waals surface area contributed by atoms with E-state index in [1.807, 2.05) is 0 Å². The molecule has 2 N–H and O–H groups in total. The molecule has 0 heterocycles. The van der Waals surface area contributed by atoms with Gasteiger partial charge in [-0.2, -0.15) is 0 Å². The van der Waals surface area contributed by atoms with E-state index in [1.54, 1.807) is 25.1 Å². The van der Waals surface area contributed by atoms with Crippen molar-refractivity contribution in [1.82, 2.24) is 5.32 Å². The van der Waals surface area contributed by atoms with Crippen molar-refractivity contribution in [2.24, 2.45) is 0 Å². The Morgan fingerprint density at radius 3 is 2.60 bits per heavy atom. The number of hydrogen-bond acceptors (Lipinski definition) is 3. The van der Waals surface area contributed by atoms with Crippen LogP contribution in [0.15, 0.2) is 23.1 Å². The van der Waals surface area contributed by atoms with Crippen LogP contribution in [0.2, 0.25) is 10.0 Å². The number of halogens is 2. The number of hydrogen-bond donors (Lipinski definition) is 2. The molecule has 1 aromatic carbocycles. The molecular formula is C13H15Cl2NO3S. The lowest BCUT2D eigenvalue weighted by molar-refractivity contribution is -0.146. The molecule has 0 aromatic heterocycles. The highest BCUT2D eigenvalue weighted by molar-refractivity contribution is 8.00. The Labute approximate surface area is 131 Å². The van der Waals surface area contributed by atoms with Crippen molar-refractivity contribution in [3.05, 3.63) is 28.2 Å². The maximum atomic E-state index is 11.8. The molecule has 0 aliphatic heterocycles. The Balaban J connectivity index is 2.64. The minimum Gasteiger partial charge on any atom is -0.480 e. The maximum Gasteiger partial charge on any atom is 0.329 e. The first kappa shape index (κ1) is 17.1. The number of thioether (sulfide) groups is 1. The van der Waals surface area contributed by atoms with E-state index in [4.69, 9.17) is 28.3 Å². The van der Waals surface area contributed by atoms with Crippen molar-refractivity contribution in [3.63, 3.8) is 0 Å². The second-order valence-electron chi connectivity index (χ2n) is 4.40. The third kappa shape index (κ3) is 4.58. The van der Waals surface area contributed by atoms with Crippen LogP contribution in [0, 0.1) is 0 Å². The fourth-order valence-corrected chi connectivity index (χ4v) is 2.66. The van der Waals surface area contributed by atoms with Crippen molar-refractivity contribution in [2.75, 3.05) is 5.75 Å². The van der Waals surface area contributed by atoms with Crippen LogP contribution in [0.4, 0.5) is 0 Å². The number of carboxylic acid groups (broad SMARTS) is 1. The molecular weight excluding hydrogens is 321 g/mol. The van der Waals surface area contributed by atoms with Gasteiger partial charge in [0.25, 0.3) is 0 Å². The third-order valence-electron chi connectivity index (χ3n) is 2.85. The SMILES string of the molecule is CCC(C)(NC(=O)CSc1cc(Cl)ccc1Cl)C(=O)O. The normalized spacial score (nSPS) is 13.6. The van der Waals surface area contributed by atoms with Crippen LogP contribution in [0.25, 0.3) is 0 Å². The summed E-state index contributed by atoms with van der Waals surface area (Å²) in [5.41, 5.74) is -1.25. The maximum absolute atomic E-state index is 11.8. The van der Waals surface area contributed by atoms with Gasteiger partial charge >= 0.3 is 5.97 Å². The van der Waals surface area contributed by atoms with E-state index in [-0.39, 0.29) is 11.7 Å². The number of carbonyl (C=O) groups excluding carboxylic acids is 1. The molecule has 7 heteroatoms. The van der Waals surface area contributed by atoms with Crippen molar-refractivity contribution in [1.29, 1.82) is 0 Å². The zero-order valence-electron chi connectivity index (χ0n) is 11.1. The van der Waals surface area contributed by atoms with Crippen LogP contribution >= 0.6 is 35.0 Å². The molecule has 0 fully saturated rings. The van der Waals surface area contributed by atoms with E-state index in [9.17, 15) is 9.59 Å². The molecule has 20 heavy (non-hydrogen) atoms. The predicted octanol–water partition coefficient (Wildman–Crippen LogP) is 3.46. The lowest BCUT2D eigenvalue weighted by Gasteiger charge is -2.24. The largest absolute Gasteiger partial charge is 0.480 e. The zero-order valence-corrected chi connectivity index (χ0v) is 13.4. The van der Waals surface area contributed by atoms with Gasteiger partial charge in [-0.1, -0.05) is 30.1 Å². The number of carboxylic acids is 1. The van der Waals surface area contributed by atoms with Crippen LogP contribution in [0.1, 0.15) is 20.3 Å². The Morgan fingerprint density at radius 2 is 2.05 bits per heavy atom. The van der Waals surface area contributed by atoms with Gasteiger partial charge in [0, 0.05) is 9.92 Å². The lowest BCUT2D eigenvalue weighted by atomic mass is 9.99. The number of carbonyl (C=O) groups is 2. The average molecular weight is 336 g/mol. The first-order chi connectivity index (χ1) is 9.28. The smallest absolute Gasteiger partial charge is 0.329 e. The van der Waals surface area contributed by atoms with Crippen LogP contribution < -0.4 is 5.32 Å². The molecule has 1 aromatic rings. The minimum atomic E-state index is -1.25. The molecule has 0 aliphatic carbocycles. The van der Waals surface area contributed by atoms with Crippen LogP contribution in [-0.4, -0.2) is 28.3 Å². The lowest BCUT2D eigenvalue weighted by Crippen LogP contribution is -2.52. The fraction of sp³-hybridized carbons (Fsp3) is 0.385. The van der Waals surface area contributed by atoms with Crippen molar-refractivity contribution >= 4 is 46.8 Å². The molecule has 1 amide bonds. The highest BCUT2D eigenvalue weighted by Gasteiger charge is 2.32. The molecule has 0 saturated heterocycles. The molecule has 4 nitrogen and oxygen atoms in total. The number of nitrogens with one attached hydrogen (secondary N) is 1. The van der Waals surface area contributed by atoms with Gasteiger partial charge in [0.2, 0.25) is 5.91 Å². The van der Waals surface area contributed by atoms with Crippen LogP contribution in [0.5, 0.6) is 0 Å². The molecule has 0 saturated carbocycles. The number of amides is 1. The second kappa shape index (κ2) is 7.20. The predicted molar refractivity (Wildman–Crippen MR) is 81.7 cm³/mol. The van der Waals surface area contributed by atoms with E-state index in [2.05, 4.69) is 5.32 Å². The van der Waals surface area contributed by atoms with Gasteiger partial charge in [-0.05, 0) is 31.5 Å². The average Bonchev–Trinajstić information content (AvgIpc) is 2.39. The van der Waals surface area contributed by atoms with Crippen molar-refractivity contribution < 1.29 is 14.7 Å². The van der Waals surface area contributed by atoms with Gasteiger partial charge in [-0.3, -0.25) is 4.79 Å². The molecule has 0 aliphatic rings. The number of aliphatic carboxylic acids is 1. The summed E-state index contributed by atoms with van der Waals surface area (Å²) in [4.78, 5) is 23.6. The topological polar surface area (TPSA) is 66.4 Å².